The fraction of sp³-hybridized carbons (Fsp3) is 0.333. The summed E-state index contributed by atoms with van der Waals surface area (Å²) in [6.45, 7) is 7.01. The monoisotopic (exact) mass is 427 g/mol. The van der Waals surface area contributed by atoms with E-state index in [2.05, 4.69) is 29.1 Å². The van der Waals surface area contributed by atoms with Crippen molar-refractivity contribution in [2.45, 2.75) is 46.3 Å². The van der Waals surface area contributed by atoms with Crippen LogP contribution in [0, 0.1) is 6.92 Å². The van der Waals surface area contributed by atoms with Gasteiger partial charge in [-0.25, -0.2) is 9.97 Å². The molecule has 0 spiro atoms. The van der Waals surface area contributed by atoms with Crippen LogP contribution in [0.15, 0.2) is 54.7 Å². The van der Waals surface area contributed by atoms with Gasteiger partial charge in [-0.15, -0.1) is 0 Å². The average molecular weight is 428 g/mol. The molecular formula is C24H30ClN3O2. The molecule has 30 heavy (non-hydrogen) atoms. The number of nitrogens with zero attached hydrogens (tertiary/aromatic N) is 2. The zero-order chi connectivity index (χ0) is 21.9. The molecule has 2 aromatic carbocycles. The van der Waals surface area contributed by atoms with Gasteiger partial charge in [-0.05, 0) is 36.6 Å². The molecule has 3 aromatic rings. The summed E-state index contributed by atoms with van der Waals surface area (Å²) in [5, 5.41) is 12.5. The first-order valence-corrected chi connectivity index (χ1v) is 10.4. The van der Waals surface area contributed by atoms with Gasteiger partial charge >= 0.3 is 0 Å². The Morgan fingerprint density at radius 3 is 2.50 bits per heavy atom. The molecule has 1 aromatic heterocycles. The van der Waals surface area contributed by atoms with E-state index in [1.54, 1.807) is 13.3 Å². The van der Waals surface area contributed by atoms with Crippen LogP contribution in [0.2, 0.25) is 5.02 Å². The summed E-state index contributed by atoms with van der Waals surface area (Å²) in [6.07, 6.45) is 2.65. The minimum atomic E-state index is 0.141. The minimum absolute atomic E-state index is 0.141. The molecule has 0 fully saturated rings. The molecule has 0 amide bonds. The highest BCUT2D eigenvalue weighted by molar-refractivity contribution is 6.32. The first-order valence-electron chi connectivity index (χ1n) is 10.0. The fourth-order valence-corrected chi connectivity index (χ4v) is 2.86. The summed E-state index contributed by atoms with van der Waals surface area (Å²) in [5.74, 6) is 2.64. The second kappa shape index (κ2) is 12.2. The van der Waals surface area contributed by atoms with Crippen molar-refractivity contribution in [1.29, 1.82) is 0 Å². The number of aliphatic hydroxyl groups excluding tert-OH is 1. The third-order valence-electron chi connectivity index (χ3n) is 4.68. The van der Waals surface area contributed by atoms with Crippen molar-refractivity contribution in [3.05, 3.63) is 82.3 Å². The third kappa shape index (κ3) is 7.32. The van der Waals surface area contributed by atoms with Crippen LogP contribution in [0.25, 0.3) is 0 Å². The largest absolute Gasteiger partial charge is 0.497 e. The molecule has 5 nitrogen and oxygen atoms in total. The summed E-state index contributed by atoms with van der Waals surface area (Å²) in [7, 11) is 1.66. The van der Waals surface area contributed by atoms with Gasteiger partial charge in [0.15, 0.2) is 0 Å². The first-order chi connectivity index (χ1) is 14.5. The smallest absolute Gasteiger partial charge is 0.148 e. The van der Waals surface area contributed by atoms with Crippen LogP contribution in [0.3, 0.4) is 0 Å². The Kier molecular flexibility index (Phi) is 9.58. The van der Waals surface area contributed by atoms with E-state index in [0.717, 1.165) is 29.1 Å². The number of nitrogens with one attached hydrogen (secondary N) is 1. The number of anilines is 1. The molecule has 0 radical (unpaired) electrons. The molecule has 0 saturated carbocycles. The Morgan fingerprint density at radius 2 is 1.87 bits per heavy atom. The van der Waals surface area contributed by atoms with E-state index >= 15 is 0 Å². The van der Waals surface area contributed by atoms with Gasteiger partial charge < -0.3 is 15.2 Å². The van der Waals surface area contributed by atoms with Gasteiger partial charge in [0.05, 0.1) is 19.9 Å². The molecule has 0 aliphatic heterocycles. The summed E-state index contributed by atoms with van der Waals surface area (Å²) < 4.78 is 5.22. The highest BCUT2D eigenvalue weighted by Crippen LogP contribution is 2.23. The zero-order valence-electron chi connectivity index (χ0n) is 18.0. The lowest BCUT2D eigenvalue weighted by atomic mass is 10.1. The van der Waals surface area contributed by atoms with E-state index in [1.165, 1.54) is 5.56 Å². The Morgan fingerprint density at radius 1 is 1.13 bits per heavy atom. The zero-order valence-corrected chi connectivity index (χ0v) is 18.8. The average Bonchev–Trinajstić information content (AvgIpc) is 2.78. The van der Waals surface area contributed by atoms with E-state index in [9.17, 15) is 0 Å². The number of ether oxygens (including phenoxy) is 1. The van der Waals surface area contributed by atoms with E-state index < -0.39 is 0 Å². The Hall–Kier alpha value is -2.63. The molecule has 0 aliphatic rings. The Labute approximate surface area is 184 Å². The fourth-order valence-electron chi connectivity index (χ4n) is 2.70. The summed E-state index contributed by atoms with van der Waals surface area (Å²) in [5.41, 5.74) is 3.28. The van der Waals surface area contributed by atoms with Crippen LogP contribution in [-0.4, -0.2) is 22.2 Å². The van der Waals surface area contributed by atoms with Gasteiger partial charge in [-0.2, -0.15) is 0 Å². The molecule has 3 rings (SSSR count). The lowest BCUT2D eigenvalue weighted by molar-refractivity contribution is 0.282. The van der Waals surface area contributed by atoms with Gasteiger partial charge in [-0.1, -0.05) is 67.4 Å². The number of aryl methyl sites for hydroxylation is 1. The maximum absolute atomic E-state index is 8.66. The number of hydrogen-bond donors (Lipinski definition) is 2. The highest BCUT2D eigenvalue weighted by Gasteiger charge is 2.10. The number of aliphatic hydroxyl groups is 1. The van der Waals surface area contributed by atoms with Crippen molar-refractivity contribution in [1.82, 2.24) is 9.97 Å². The van der Waals surface area contributed by atoms with Crippen LogP contribution < -0.4 is 10.1 Å². The number of halogens is 1. The molecule has 1 heterocycles. The molecule has 2 N–H and O–H groups in total. The van der Waals surface area contributed by atoms with E-state index in [0.29, 0.717) is 23.3 Å². The molecule has 0 aliphatic carbocycles. The number of hydrogen-bond acceptors (Lipinski definition) is 5. The Balaban J connectivity index is 0.000000297. The SMILES string of the molecule is CCC(C)c1ncc(Cl)c(NCc2cccc(OC)c2)n1.Cc1cccc(CO)c1. The second-order valence-corrected chi connectivity index (χ2v) is 7.49. The quantitative estimate of drug-likeness (QED) is 0.502. The van der Waals surface area contributed by atoms with Gasteiger partial charge in [0.25, 0.3) is 0 Å². The molecule has 1 unspecified atom stereocenters. The van der Waals surface area contributed by atoms with Crippen molar-refractivity contribution in [3.63, 3.8) is 0 Å². The lowest BCUT2D eigenvalue weighted by Gasteiger charge is -2.12. The molecule has 1 atom stereocenters. The van der Waals surface area contributed by atoms with Crippen molar-refractivity contribution >= 4 is 17.4 Å². The normalized spacial score (nSPS) is 11.3. The van der Waals surface area contributed by atoms with Crippen LogP contribution in [-0.2, 0) is 13.2 Å². The molecule has 6 heteroatoms. The predicted molar refractivity (Wildman–Crippen MR) is 123 cm³/mol. The van der Waals surface area contributed by atoms with Gasteiger partial charge in [0.1, 0.15) is 22.4 Å². The van der Waals surface area contributed by atoms with Crippen LogP contribution >= 0.6 is 11.6 Å². The topological polar surface area (TPSA) is 67.3 Å². The van der Waals surface area contributed by atoms with E-state index in [4.69, 9.17) is 21.4 Å². The van der Waals surface area contributed by atoms with Crippen molar-refractivity contribution in [2.75, 3.05) is 12.4 Å². The van der Waals surface area contributed by atoms with Crippen LogP contribution in [0.4, 0.5) is 5.82 Å². The second-order valence-electron chi connectivity index (χ2n) is 7.09. The van der Waals surface area contributed by atoms with Gasteiger partial charge in [0, 0.05) is 12.5 Å². The van der Waals surface area contributed by atoms with Crippen LogP contribution in [0.1, 0.15) is 48.7 Å². The van der Waals surface area contributed by atoms with E-state index in [1.807, 2.05) is 55.5 Å². The highest BCUT2D eigenvalue weighted by atomic mass is 35.5. The van der Waals surface area contributed by atoms with Gasteiger partial charge in [0.2, 0.25) is 0 Å². The Bertz CT molecular complexity index is 934. The molecule has 160 valence electrons. The van der Waals surface area contributed by atoms with Crippen molar-refractivity contribution in [3.8, 4) is 5.75 Å². The molecule has 0 saturated heterocycles. The number of benzene rings is 2. The maximum Gasteiger partial charge on any atom is 0.148 e. The number of methoxy groups -OCH3 is 1. The number of aromatic nitrogens is 2. The van der Waals surface area contributed by atoms with Crippen molar-refractivity contribution < 1.29 is 9.84 Å². The molecule has 0 bridgehead atoms. The summed E-state index contributed by atoms with van der Waals surface area (Å²) >= 11 is 6.16. The van der Waals surface area contributed by atoms with Crippen molar-refractivity contribution in [2.24, 2.45) is 0 Å². The van der Waals surface area contributed by atoms with Gasteiger partial charge in [-0.3, -0.25) is 0 Å². The lowest BCUT2D eigenvalue weighted by Crippen LogP contribution is -2.07. The summed E-state index contributed by atoms with van der Waals surface area (Å²) in [4.78, 5) is 8.80. The first kappa shape index (κ1) is 23.6. The minimum Gasteiger partial charge on any atom is -0.497 e. The van der Waals surface area contributed by atoms with E-state index in [-0.39, 0.29) is 6.61 Å². The summed E-state index contributed by atoms with van der Waals surface area (Å²) in [6, 6.07) is 15.7. The molecular weight excluding hydrogens is 398 g/mol. The standard InChI is InChI=1S/C16H20ClN3O.C8H10O/c1-4-11(2)15-19-10-14(17)16(20-15)18-9-12-6-5-7-13(8-12)21-3;1-7-3-2-4-8(5-7)6-9/h5-8,10-11H,4,9H2,1-3H3,(H,18,19,20);2-5,9H,6H2,1H3. The maximum atomic E-state index is 8.66. The number of rotatable bonds is 7. The predicted octanol–water partition coefficient (Wildman–Crippen LogP) is 5.75. The third-order valence-corrected chi connectivity index (χ3v) is 4.95. The van der Waals surface area contributed by atoms with Crippen LogP contribution in [0.5, 0.6) is 5.75 Å².